The number of hydrogen-bond donors (Lipinski definition) is 1. The van der Waals surface area contributed by atoms with Crippen molar-refractivity contribution in [3.8, 4) is 11.5 Å². The summed E-state index contributed by atoms with van der Waals surface area (Å²) in [6.07, 6.45) is 3.77. The Morgan fingerprint density at radius 2 is 1.92 bits per heavy atom. The zero-order valence-electron chi connectivity index (χ0n) is 16.0. The van der Waals surface area contributed by atoms with Crippen LogP contribution in [0, 0.1) is 0 Å². The number of benzene rings is 1. The van der Waals surface area contributed by atoms with Gasteiger partial charge >= 0.3 is 0 Å². The molecule has 25 heavy (non-hydrogen) atoms. The highest BCUT2D eigenvalue weighted by Crippen LogP contribution is 2.28. The van der Waals surface area contributed by atoms with Crippen molar-refractivity contribution in [1.82, 2.24) is 4.90 Å². The Morgan fingerprint density at radius 1 is 1.16 bits per heavy atom. The van der Waals surface area contributed by atoms with Crippen LogP contribution in [0.25, 0.3) is 0 Å². The Morgan fingerprint density at radius 3 is 2.48 bits per heavy atom. The number of rotatable bonds is 10. The van der Waals surface area contributed by atoms with Gasteiger partial charge < -0.3 is 19.3 Å². The Hall–Kier alpha value is -1.30. The van der Waals surface area contributed by atoms with E-state index < -0.39 is 0 Å². The van der Waals surface area contributed by atoms with E-state index in [2.05, 4.69) is 24.8 Å². The minimum atomic E-state index is -0.182. The van der Waals surface area contributed by atoms with Crippen LogP contribution in [-0.2, 0) is 11.2 Å². The number of ether oxygens (including phenoxy) is 3. The van der Waals surface area contributed by atoms with Crippen LogP contribution in [0.5, 0.6) is 11.5 Å². The van der Waals surface area contributed by atoms with E-state index in [0.29, 0.717) is 12.6 Å². The molecule has 1 N–H and O–H groups in total. The molecule has 1 saturated heterocycles. The van der Waals surface area contributed by atoms with Crippen molar-refractivity contribution < 1.29 is 19.3 Å². The normalized spacial score (nSPS) is 20.4. The van der Waals surface area contributed by atoms with Crippen LogP contribution in [0.3, 0.4) is 0 Å². The second kappa shape index (κ2) is 10.00. The maximum absolute atomic E-state index is 9.81. The van der Waals surface area contributed by atoms with E-state index in [-0.39, 0.29) is 12.2 Å². The third-order valence-electron chi connectivity index (χ3n) is 5.08. The molecule has 0 bridgehead atoms. The number of aliphatic hydroxyl groups is 1. The molecule has 2 rings (SSSR count). The van der Waals surface area contributed by atoms with Gasteiger partial charge in [-0.1, -0.05) is 19.9 Å². The molecule has 1 heterocycles. The Labute approximate surface area is 151 Å². The summed E-state index contributed by atoms with van der Waals surface area (Å²) in [6, 6.07) is 6.38. The Kier molecular flexibility index (Phi) is 8.00. The second-order valence-electron chi connectivity index (χ2n) is 6.67. The highest BCUT2D eigenvalue weighted by molar-refractivity contribution is 5.42. The van der Waals surface area contributed by atoms with Crippen LogP contribution in [0.4, 0.5) is 0 Å². The van der Waals surface area contributed by atoms with Gasteiger partial charge in [0.1, 0.15) is 0 Å². The first-order chi connectivity index (χ1) is 12.1. The maximum Gasteiger partial charge on any atom is 0.160 e. The molecular weight excluding hydrogens is 318 g/mol. The molecule has 0 aliphatic carbocycles. The molecule has 5 nitrogen and oxygen atoms in total. The van der Waals surface area contributed by atoms with Crippen LogP contribution in [0.2, 0.25) is 0 Å². The minimum Gasteiger partial charge on any atom is -0.493 e. The van der Waals surface area contributed by atoms with E-state index in [1.165, 1.54) is 5.56 Å². The van der Waals surface area contributed by atoms with Crippen molar-refractivity contribution in [1.29, 1.82) is 0 Å². The fourth-order valence-corrected chi connectivity index (χ4v) is 3.69. The fourth-order valence-electron chi connectivity index (χ4n) is 3.69. The monoisotopic (exact) mass is 351 g/mol. The van der Waals surface area contributed by atoms with E-state index in [4.69, 9.17) is 14.2 Å². The van der Waals surface area contributed by atoms with Gasteiger partial charge in [-0.3, -0.25) is 4.90 Å². The van der Waals surface area contributed by atoms with E-state index in [9.17, 15) is 5.11 Å². The van der Waals surface area contributed by atoms with E-state index >= 15 is 0 Å². The number of hydrogen-bond acceptors (Lipinski definition) is 5. The van der Waals surface area contributed by atoms with Crippen LogP contribution < -0.4 is 9.47 Å². The zero-order chi connectivity index (χ0) is 18.2. The summed E-state index contributed by atoms with van der Waals surface area (Å²) in [5.41, 5.74) is 1.18. The van der Waals surface area contributed by atoms with E-state index in [0.717, 1.165) is 50.3 Å². The molecule has 0 amide bonds. The van der Waals surface area contributed by atoms with Crippen molar-refractivity contribution >= 4 is 0 Å². The molecule has 1 fully saturated rings. The van der Waals surface area contributed by atoms with Crippen molar-refractivity contribution in [2.75, 3.05) is 33.9 Å². The highest BCUT2D eigenvalue weighted by atomic mass is 16.5. The van der Waals surface area contributed by atoms with Crippen molar-refractivity contribution in [3.63, 3.8) is 0 Å². The third kappa shape index (κ3) is 5.33. The summed E-state index contributed by atoms with van der Waals surface area (Å²) in [4.78, 5) is 2.38. The van der Waals surface area contributed by atoms with Gasteiger partial charge in [-0.05, 0) is 43.4 Å². The smallest absolute Gasteiger partial charge is 0.160 e. The summed E-state index contributed by atoms with van der Waals surface area (Å²) >= 11 is 0. The molecular formula is C20H33NO4. The maximum atomic E-state index is 9.81. The molecule has 1 aliphatic heterocycles. The Balaban J connectivity index is 1.89. The minimum absolute atomic E-state index is 0.182. The largest absolute Gasteiger partial charge is 0.493 e. The van der Waals surface area contributed by atoms with Crippen LogP contribution in [0.15, 0.2) is 18.2 Å². The van der Waals surface area contributed by atoms with Crippen molar-refractivity contribution in [2.45, 2.75) is 57.8 Å². The van der Waals surface area contributed by atoms with Crippen LogP contribution in [-0.4, -0.2) is 62.2 Å². The summed E-state index contributed by atoms with van der Waals surface area (Å²) in [7, 11) is 3.30. The first kappa shape index (κ1) is 20.0. The van der Waals surface area contributed by atoms with Gasteiger partial charge in [0.15, 0.2) is 11.5 Å². The average Bonchev–Trinajstić information content (AvgIpc) is 3.06. The topological polar surface area (TPSA) is 51.2 Å². The number of β-amino-alcohol motifs (C(OH)–C–C–N with tert-alkyl or cyclic N) is 1. The SMILES string of the molecule is CC[C@H](OCCc1ccc(OC)c(OC)c1)[C@H](CC)N1CC[C@@H](O)C1. The molecule has 0 radical (unpaired) electrons. The standard InChI is InChI=1S/C20H33NO4/c1-5-17(21-11-9-16(22)14-21)18(6-2)25-12-10-15-7-8-19(23-3)20(13-15)24-4/h7-8,13,16-18,22H,5-6,9-12,14H2,1-4H3/t16-,17+,18+/m1/s1. The van der Waals surface area contributed by atoms with Crippen LogP contribution in [0.1, 0.15) is 38.7 Å². The van der Waals surface area contributed by atoms with E-state index in [1.807, 2.05) is 12.1 Å². The number of nitrogens with zero attached hydrogens (tertiary/aromatic N) is 1. The number of aliphatic hydroxyl groups excluding tert-OH is 1. The lowest BCUT2D eigenvalue weighted by atomic mass is 10.0. The highest BCUT2D eigenvalue weighted by Gasteiger charge is 2.31. The van der Waals surface area contributed by atoms with Crippen molar-refractivity contribution in [2.24, 2.45) is 0 Å². The quantitative estimate of drug-likeness (QED) is 0.702. The third-order valence-corrected chi connectivity index (χ3v) is 5.08. The molecule has 0 saturated carbocycles. The molecule has 142 valence electrons. The summed E-state index contributed by atoms with van der Waals surface area (Å²) in [5.74, 6) is 1.50. The summed E-state index contributed by atoms with van der Waals surface area (Å²) in [5, 5.41) is 9.81. The van der Waals surface area contributed by atoms with Gasteiger partial charge in [0, 0.05) is 19.1 Å². The Bertz CT molecular complexity index is 522. The fraction of sp³-hybridized carbons (Fsp3) is 0.700. The van der Waals surface area contributed by atoms with Gasteiger partial charge in [-0.25, -0.2) is 0 Å². The predicted molar refractivity (Wildman–Crippen MR) is 99.6 cm³/mol. The predicted octanol–water partition coefficient (Wildman–Crippen LogP) is 2.89. The lowest BCUT2D eigenvalue weighted by Crippen LogP contribution is -2.43. The zero-order valence-corrected chi connectivity index (χ0v) is 16.0. The van der Waals surface area contributed by atoms with Gasteiger partial charge in [-0.15, -0.1) is 0 Å². The first-order valence-electron chi connectivity index (χ1n) is 9.37. The summed E-state index contributed by atoms with van der Waals surface area (Å²) in [6.45, 7) is 6.80. The average molecular weight is 351 g/mol. The van der Waals surface area contributed by atoms with Gasteiger partial charge in [0.25, 0.3) is 0 Å². The molecule has 1 aromatic rings. The first-order valence-corrected chi connectivity index (χ1v) is 9.37. The molecule has 0 spiro atoms. The van der Waals surface area contributed by atoms with Gasteiger partial charge in [0.2, 0.25) is 0 Å². The molecule has 0 aromatic heterocycles. The second-order valence-corrected chi connectivity index (χ2v) is 6.67. The molecule has 5 heteroatoms. The molecule has 1 aromatic carbocycles. The number of likely N-dealkylation sites (tertiary alicyclic amines) is 1. The van der Waals surface area contributed by atoms with Gasteiger partial charge in [0.05, 0.1) is 33.0 Å². The lowest BCUT2D eigenvalue weighted by molar-refractivity contribution is -0.0136. The molecule has 1 aliphatic rings. The lowest BCUT2D eigenvalue weighted by Gasteiger charge is -2.33. The molecule has 3 atom stereocenters. The van der Waals surface area contributed by atoms with Gasteiger partial charge in [-0.2, -0.15) is 0 Å². The van der Waals surface area contributed by atoms with Crippen LogP contribution >= 0.6 is 0 Å². The van der Waals surface area contributed by atoms with E-state index in [1.54, 1.807) is 14.2 Å². The number of methoxy groups -OCH3 is 2. The molecule has 0 unspecified atom stereocenters. The van der Waals surface area contributed by atoms with Crippen molar-refractivity contribution in [3.05, 3.63) is 23.8 Å². The summed E-state index contributed by atoms with van der Waals surface area (Å²) < 4.78 is 16.9.